The second-order valence-corrected chi connectivity index (χ2v) is 28.0. The third-order valence-electron chi connectivity index (χ3n) is 20.3. The number of piperidine rings is 2. The highest BCUT2D eigenvalue weighted by Crippen LogP contribution is 2.31. The molecular formula is C76H122N22O6. The van der Waals surface area contributed by atoms with Crippen molar-refractivity contribution < 1.29 is 27.6 Å². The Balaban J connectivity index is 0.000000193. The normalized spacial score (nSPS) is 17.8. The van der Waals surface area contributed by atoms with Crippen LogP contribution in [0, 0.1) is 27.7 Å². The molecule has 0 spiro atoms. The van der Waals surface area contributed by atoms with Gasteiger partial charge in [0.25, 0.3) is 47.4 Å². The van der Waals surface area contributed by atoms with Crippen LogP contribution in [0.25, 0.3) is 45.8 Å². The Bertz CT molecular complexity index is 3750. The molecule has 28 heteroatoms. The highest BCUT2D eigenvalue weighted by molar-refractivity contribution is 5.58. The van der Waals surface area contributed by atoms with Crippen molar-refractivity contribution in [1.29, 1.82) is 0 Å². The van der Waals surface area contributed by atoms with E-state index in [2.05, 4.69) is 165 Å². The fraction of sp³-hybridized carbons (Fsp3) is 0.632. The summed E-state index contributed by atoms with van der Waals surface area (Å²) < 4.78 is 32.4. The van der Waals surface area contributed by atoms with Gasteiger partial charge < -0.3 is 47.2 Å². The quantitative estimate of drug-likeness (QED) is 0.0870. The van der Waals surface area contributed by atoms with Crippen LogP contribution in [0.1, 0.15) is 134 Å². The van der Waals surface area contributed by atoms with E-state index in [0.29, 0.717) is 89.4 Å². The number of ether oxygens (including phenoxy) is 2. The Hall–Kier alpha value is -8.28. The summed E-state index contributed by atoms with van der Waals surface area (Å²) in [6, 6.07) is 15.4. The molecule has 0 aromatic carbocycles. The molecule has 0 bridgehead atoms. The van der Waals surface area contributed by atoms with Crippen molar-refractivity contribution in [1.82, 2.24) is 89.9 Å². The van der Waals surface area contributed by atoms with Crippen LogP contribution >= 0.6 is 0 Å². The van der Waals surface area contributed by atoms with Gasteiger partial charge in [-0.2, -0.15) is 19.9 Å². The topological polar surface area (TPSA) is 258 Å². The van der Waals surface area contributed by atoms with Crippen LogP contribution in [-0.4, -0.2) is 271 Å². The Labute approximate surface area is 619 Å². The van der Waals surface area contributed by atoms with Crippen LogP contribution in [-0.2, 0) is 0 Å². The van der Waals surface area contributed by atoms with E-state index in [1.807, 2.05) is 64.1 Å². The van der Waals surface area contributed by atoms with Crippen molar-refractivity contribution in [3.8, 4) is 57.3 Å². The molecule has 6 aliphatic rings. The fourth-order valence-electron chi connectivity index (χ4n) is 13.7. The van der Waals surface area contributed by atoms with E-state index < -0.39 is 0 Å². The van der Waals surface area contributed by atoms with Gasteiger partial charge in [-0.15, -0.1) is 0 Å². The van der Waals surface area contributed by atoms with Crippen molar-refractivity contribution in [2.45, 2.75) is 175 Å². The van der Waals surface area contributed by atoms with Gasteiger partial charge in [0, 0.05) is 203 Å². The molecule has 28 nitrogen and oxygen atoms in total. The zero-order valence-electron chi connectivity index (χ0n) is 61.5. The molecule has 572 valence electrons. The zero-order chi connectivity index (χ0) is 70.4. The van der Waals surface area contributed by atoms with Crippen molar-refractivity contribution >= 4 is 23.8 Å². The van der Waals surface area contributed by atoms with E-state index in [1.165, 1.54) is 52.4 Å². The number of hydrogen-bond acceptors (Lipinski definition) is 28. The minimum absolute atomic E-state index is 0. The first-order chi connectivity index (χ1) is 48.4. The summed E-state index contributed by atoms with van der Waals surface area (Å²) in [5.41, 5.74) is 6.92. The number of hydrogen-bond donors (Lipinski definition) is 0. The standard InChI is InChI=1S/C21H32N6O2.C20H30N6O.C16H23N5O2.C15H21N5O.4CH4/c1-15(2)25-9-11-26(12-10-25)18-5-7-27(8-6-18)21-23-20(29-24-21)17-13-19(28-4)16(3)22-14-17;1-15(2)24-10-12-25(13-11-24)18-6-8-26(9-7-18)20-22-19(27-23-20)17-5-4-16(3)21-14-17;1-11(2)20-5-7-21(8-6-20)16-18-15(23-19-16)13-9-14(22-4)12(3)17-10-13;1-11(2)19-6-8-20(9-7-19)15-17-14(21-18-15)13-5-4-12(3)16-10-13;;;;/h13-15,18H,5-12H2,1-4H3;4-5,14-15,18H,6-13H2,1-3H3;9-11H,5-8H2,1-4H3;4-5,10-11H,6-9H2,1-3H3;4*1H4. The molecule has 6 fully saturated rings. The number of nitrogens with zero attached hydrogens (tertiary/aromatic N) is 22. The molecule has 14 rings (SSSR count). The monoisotopic (exact) mass is 1440 g/mol. The lowest BCUT2D eigenvalue weighted by atomic mass is 10.0. The maximum Gasteiger partial charge on any atom is 0.266 e. The first-order valence-corrected chi connectivity index (χ1v) is 36.0. The molecule has 8 aromatic rings. The van der Waals surface area contributed by atoms with Gasteiger partial charge in [-0.3, -0.25) is 49.3 Å². The van der Waals surface area contributed by atoms with Gasteiger partial charge in [0.15, 0.2) is 0 Å². The number of rotatable bonds is 16. The molecule has 14 heterocycles. The van der Waals surface area contributed by atoms with E-state index in [0.717, 1.165) is 155 Å². The molecule has 0 unspecified atom stereocenters. The highest BCUT2D eigenvalue weighted by Gasteiger charge is 2.33. The van der Waals surface area contributed by atoms with E-state index in [1.54, 1.807) is 39.0 Å². The Morgan fingerprint density at radius 2 is 0.596 bits per heavy atom. The van der Waals surface area contributed by atoms with Crippen molar-refractivity contribution in [2.75, 3.05) is 165 Å². The van der Waals surface area contributed by atoms with Crippen molar-refractivity contribution in [3.05, 3.63) is 84.0 Å². The van der Waals surface area contributed by atoms with Crippen molar-refractivity contribution in [3.63, 3.8) is 0 Å². The third kappa shape index (κ3) is 21.5. The third-order valence-corrected chi connectivity index (χ3v) is 20.3. The number of pyridine rings is 4. The number of aromatic nitrogens is 12. The zero-order valence-corrected chi connectivity index (χ0v) is 61.5. The highest BCUT2D eigenvalue weighted by atomic mass is 16.5. The predicted molar refractivity (Wildman–Crippen MR) is 414 cm³/mol. The molecule has 6 aliphatic heterocycles. The minimum atomic E-state index is 0. The summed E-state index contributed by atoms with van der Waals surface area (Å²) in [4.78, 5) is 59.6. The molecule has 0 amide bonds. The van der Waals surface area contributed by atoms with Gasteiger partial charge in [0.2, 0.25) is 0 Å². The fourth-order valence-corrected chi connectivity index (χ4v) is 13.7. The Morgan fingerprint density at radius 1 is 0.337 bits per heavy atom. The Morgan fingerprint density at radius 3 is 0.856 bits per heavy atom. The van der Waals surface area contributed by atoms with Crippen LogP contribution in [0.5, 0.6) is 11.5 Å². The average molecular weight is 1440 g/mol. The summed E-state index contributed by atoms with van der Waals surface area (Å²) >= 11 is 0. The molecule has 0 atom stereocenters. The SMILES string of the molecule is C.C.C.C.COc1cc(-c2nc(N3CCC(N4CCN(C(C)C)CC4)CC3)no2)cnc1C.COc1cc(-c2nc(N3CCN(C(C)C)CC3)no2)cnc1C.Cc1ccc(-c2nc(N3CCC(N4CCN(C(C)C)CC4)CC3)no2)cn1.Cc1ccc(-c2nc(N3CCN(C(C)C)CC3)no2)cn1. The van der Waals surface area contributed by atoms with Gasteiger partial charge >= 0.3 is 0 Å². The van der Waals surface area contributed by atoms with Gasteiger partial charge in [-0.25, -0.2) is 0 Å². The average Bonchev–Trinajstić information content (AvgIpc) is 1.68. The first-order valence-electron chi connectivity index (χ1n) is 36.0. The van der Waals surface area contributed by atoms with Gasteiger partial charge in [0.05, 0.1) is 47.9 Å². The summed E-state index contributed by atoms with van der Waals surface area (Å²) in [6.07, 6.45) is 11.6. The predicted octanol–water partition coefficient (Wildman–Crippen LogP) is 11.4. The van der Waals surface area contributed by atoms with Gasteiger partial charge in [-0.05, 0) is 166 Å². The largest absolute Gasteiger partial charge is 0.495 e. The second kappa shape index (κ2) is 39.2. The van der Waals surface area contributed by atoms with E-state index in [9.17, 15) is 0 Å². The molecule has 104 heavy (non-hydrogen) atoms. The van der Waals surface area contributed by atoms with E-state index in [4.69, 9.17) is 27.6 Å². The van der Waals surface area contributed by atoms with Gasteiger partial charge in [-0.1, -0.05) is 29.7 Å². The number of piperazine rings is 4. The Kier molecular flexibility index (Phi) is 31.3. The lowest BCUT2D eigenvalue weighted by Crippen LogP contribution is -2.54. The molecule has 6 saturated heterocycles. The molecular weight excluding hydrogens is 1320 g/mol. The van der Waals surface area contributed by atoms with E-state index >= 15 is 0 Å². The van der Waals surface area contributed by atoms with Crippen LogP contribution in [0.2, 0.25) is 0 Å². The van der Waals surface area contributed by atoms with E-state index in [-0.39, 0.29) is 29.7 Å². The molecule has 8 aromatic heterocycles. The van der Waals surface area contributed by atoms with Crippen LogP contribution in [0.3, 0.4) is 0 Å². The molecule has 0 radical (unpaired) electrons. The number of aryl methyl sites for hydroxylation is 4. The lowest BCUT2D eigenvalue weighted by Gasteiger charge is -2.43. The van der Waals surface area contributed by atoms with Crippen LogP contribution in [0.4, 0.5) is 23.8 Å². The maximum absolute atomic E-state index is 5.51. The maximum atomic E-state index is 5.51. The summed E-state index contributed by atoms with van der Waals surface area (Å²) in [6.45, 7) is 47.0. The smallest absolute Gasteiger partial charge is 0.266 e. The molecule has 0 aliphatic carbocycles. The first kappa shape index (κ1) is 83.0. The number of methoxy groups -OCH3 is 2. The second-order valence-electron chi connectivity index (χ2n) is 28.0. The minimum Gasteiger partial charge on any atom is -0.495 e. The lowest BCUT2D eigenvalue weighted by molar-refractivity contribution is 0.0691. The number of anilines is 4. The van der Waals surface area contributed by atoms with Gasteiger partial charge in [0.1, 0.15) is 11.5 Å². The molecule has 0 saturated carbocycles. The summed E-state index contributed by atoms with van der Waals surface area (Å²) in [5.74, 6) is 6.16. The van der Waals surface area contributed by atoms with Crippen LogP contribution < -0.4 is 29.1 Å². The summed E-state index contributed by atoms with van der Waals surface area (Å²) in [7, 11) is 3.27. The van der Waals surface area contributed by atoms with Crippen molar-refractivity contribution in [2.24, 2.45) is 0 Å². The molecule has 0 N–H and O–H groups in total. The van der Waals surface area contributed by atoms with Crippen LogP contribution in [0.15, 0.2) is 79.3 Å². The summed E-state index contributed by atoms with van der Waals surface area (Å²) in [5, 5.41) is 16.6.